The van der Waals surface area contributed by atoms with Gasteiger partial charge in [-0.15, -0.1) is 0 Å². The van der Waals surface area contributed by atoms with Gasteiger partial charge in [-0.1, -0.05) is 0 Å². The second-order valence-corrected chi connectivity index (χ2v) is 28.9. The van der Waals surface area contributed by atoms with Crippen LogP contribution in [0.2, 0.25) is 0 Å². The zero-order chi connectivity index (χ0) is 91.4. The first-order chi connectivity index (χ1) is 57.9. The fourth-order valence-corrected chi connectivity index (χ4v) is 13.0. The Balaban J connectivity index is 2.78. The second kappa shape index (κ2) is 58.4. The number of carbonyl (C=O) groups is 15. The topological polar surface area (TPSA) is 926 Å². The van der Waals surface area contributed by atoms with Crippen LogP contribution in [0.25, 0.3) is 0 Å². The predicted octanol–water partition coefficient (Wildman–Crippen LogP) is -13.0. The third-order valence-electron chi connectivity index (χ3n) is 19.2. The number of aliphatic imine (C=N–C) groups is 6. The molecule has 14 amide bonds. The summed E-state index contributed by atoms with van der Waals surface area (Å²) in [5, 5.41) is 45.1. The average molecular weight is 1740 g/mol. The molecule has 52 heteroatoms. The Morgan fingerprint density at radius 2 is 0.607 bits per heavy atom. The van der Waals surface area contributed by atoms with Crippen molar-refractivity contribution in [2.45, 2.75) is 239 Å². The van der Waals surface area contributed by atoms with Gasteiger partial charge in [-0.25, -0.2) is 10.3 Å². The molecule has 2 fully saturated rings. The van der Waals surface area contributed by atoms with Crippen LogP contribution in [0.3, 0.4) is 0 Å². The van der Waals surface area contributed by atoms with Crippen molar-refractivity contribution in [2.24, 2.45) is 122 Å². The maximum atomic E-state index is 15.0. The molecule has 0 bridgehead atoms. The highest BCUT2D eigenvalue weighted by molar-refractivity contribution is 6.00. The SMILES string of the molecule is NCCCC[C@H](NC(=O)[C@H](CCCN=C(N)N)NC(=O)CN)C(=O)N[C@@H](CCCCN)C(=O)N[C@@H](CCCN=C(N)NO)C(=O)N[C@@H](CCCN=C(N)N)C(=O)N[C@@H](CCC(N)=O)C(=O)N[C@@H](CCCN=C(N)N)C(=O)N[C@@H](CCCN=C(N)N)C(=O)N[C@@H](CCCN=C(N)N)C(=O)N1CCC[C@H]1C(=O)N1CCC[C@H]1C(=O)N[C@@H](CCC(N)=O)C(=O)O. The van der Waals surface area contributed by atoms with E-state index in [2.05, 4.69) is 83.1 Å². The normalized spacial score (nSPS) is 16.0. The minimum atomic E-state index is -1.80. The lowest BCUT2D eigenvalue weighted by Crippen LogP contribution is -2.61. The molecule has 12 atom stereocenters. The number of guanidine groups is 6. The molecule has 0 aromatic rings. The van der Waals surface area contributed by atoms with Crippen molar-refractivity contribution in [3.8, 4) is 0 Å². The number of primary amides is 2. The monoisotopic (exact) mass is 1730 g/mol. The molecule has 688 valence electrons. The van der Waals surface area contributed by atoms with Gasteiger partial charge in [0.2, 0.25) is 88.7 Å². The molecular weight excluding hydrogens is 1600 g/mol. The van der Waals surface area contributed by atoms with Crippen molar-refractivity contribution < 1.29 is 82.2 Å². The molecular formula is C70H131N35O17. The van der Waals surface area contributed by atoms with Crippen LogP contribution in [-0.2, 0) is 71.9 Å². The van der Waals surface area contributed by atoms with Crippen molar-refractivity contribution in [3.05, 3.63) is 0 Å². The number of rotatable bonds is 61. The van der Waals surface area contributed by atoms with Gasteiger partial charge in [0.25, 0.3) is 0 Å². The lowest BCUT2D eigenvalue weighted by atomic mass is 10.0. The predicted molar refractivity (Wildman–Crippen MR) is 448 cm³/mol. The van der Waals surface area contributed by atoms with E-state index in [-0.39, 0.29) is 224 Å². The van der Waals surface area contributed by atoms with E-state index in [9.17, 15) is 82.2 Å². The van der Waals surface area contributed by atoms with Crippen LogP contribution >= 0.6 is 0 Å². The highest BCUT2D eigenvalue weighted by Gasteiger charge is 2.45. The smallest absolute Gasteiger partial charge is 0.326 e. The number of carboxylic acid groups (broad SMARTS) is 1. The fraction of sp³-hybridized carbons (Fsp3) is 0.700. The quantitative estimate of drug-likeness (QED) is 0.0116. The lowest BCUT2D eigenvalue weighted by Gasteiger charge is -2.33. The molecule has 2 heterocycles. The Labute approximate surface area is 705 Å². The first-order valence-corrected chi connectivity index (χ1v) is 40.4. The van der Waals surface area contributed by atoms with Crippen LogP contribution in [0.4, 0.5) is 0 Å². The maximum Gasteiger partial charge on any atom is 0.326 e. The maximum absolute atomic E-state index is 15.0. The van der Waals surface area contributed by atoms with E-state index in [1.54, 1.807) is 5.48 Å². The molecule has 0 saturated carbocycles. The number of nitrogens with zero attached hydrogens (tertiary/aromatic N) is 8. The number of hydroxylamine groups is 1. The molecule has 0 aliphatic carbocycles. The standard InChI is InChI=1S/C70H131N35O17/c71-27-3-1-13-39(94-53(109)38(93-52(108)37-73)15-5-29-87-65(76)77)54(110)95-40(14-2-4-28-72)55(111)96-43(19-9-34-92-70(86)103-122)57(113)97-42(17-7-31-89-67(80)81)58(114)100-45(23-25-50(74)106)60(116)99-41(16-6-30-88-66(78)79)56(112)98-44(18-8-32-90-68(82)83)59(115)101-46(20-10-33-91-69(84)85)62(118)105-36-12-22-49(105)63(119)104-35-11-21-48(104)61(117)102-47(64(120)121)24-26-51(75)107/h38-49,122H,1-37,71-73H2,(H2,74,106)(H2,75,107)(H,93,108)(H,94,109)(H,95,110)(H,96,111)(H,97,113)(H,98,112)(H,99,116)(H,100,114)(H,101,115)(H,102,117)(H,120,121)(H4,76,77,87)(H4,78,79,88)(H4,80,81,89)(H4,82,83,90)(H4,84,85,91)(H3,86,92,103)/t38-,39-,40-,41-,42-,43-,44-,45-,46-,47-,48-,49-/m0/s1. The molecule has 122 heavy (non-hydrogen) atoms. The first-order valence-electron chi connectivity index (χ1n) is 40.4. The molecule has 0 aromatic heterocycles. The zero-order valence-electron chi connectivity index (χ0n) is 68.9. The Morgan fingerprint density at radius 3 is 0.910 bits per heavy atom. The number of hydrogen-bond donors (Lipinski definition) is 29. The Bertz CT molecular complexity index is 3620. The summed E-state index contributed by atoms with van der Waals surface area (Å²) in [6.45, 7) is -0.621. The fourth-order valence-electron chi connectivity index (χ4n) is 13.0. The van der Waals surface area contributed by atoms with Gasteiger partial charge in [0.05, 0.1) is 6.54 Å². The third kappa shape index (κ3) is 42.4. The van der Waals surface area contributed by atoms with Crippen molar-refractivity contribution in [2.75, 3.05) is 72.0 Å². The number of nitrogens with two attached hydrogens (primary N) is 16. The number of unbranched alkanes of at least 4 members (excludes halogenated alkanes) is 2. The number of carbonyl (C=O) groups excluding carboxylic acids is 14. The first kappa shape index (κ1) is 106. The van der Waals surface area contributed by atoms with Crippen LogP contribution < -0.4 is 150 Å². The number of nitrogens with one attached hydrogen (secondary N) is 11. The van der Waals surface area contributed by atoms with Crippen LogP contribution in [0.15, 0.2) is 30.0 Å². The van der Waals surface area contributed by atoms with Gasteiger partial charge in [0.1, 0.15) is 72.5 Å². The van der Waals surface area contributed by atoms with E-state index in [1.165, 1.54) is 9.80 Å². The summed E-state index contributed by atoms with van der Waals surface area (Å²) in [7, 11) is 0. The van der Waals surface area contributed by atoms with Crippen molar-refractivity contribution in [3.63, 3.8) is 0 Å². The summed E-state index contributed by atoms with van der Waals surface area (Å²) in [6, 6.07) is -17.7. The molecule has 2 rings (SSSR count). The van der Waals surface area contributed by atoms with E-state index < -0.39 is 187 Å². The zero-order valence-corrected chi connectivity index (χ0v) is 68.9. The van der Waals surface area contributed by atoms with E-state index in [1.807, 2.05) is 0 Å². The molecule has 2 aliphatic heterocycles. The minimum absolute atomic E-state index is 0.000296. The van der Waals surface area contributed by atoms with Gasteiger partial charge in [0.15, 0.2) is 29.8 Å². The molecule has 0 radical (unpaired) electrons. The van der Waals surface area contributed by atoms with Crippen LogP contribution in [0, 0.1) is 0 Å². The van der Waals surface area contributed by atoms with Crippen molar-refractivity contribution in [1.82, 2.24) is 68.4 Å². The van der Waals surface area contributed by atoms with E-state index >= 15 is 0 Å². The van der Waals surface area contributed by atoms with Gasteiger partial charge < -0.3 is 160 Å². The summed E-state index contributed by atoms with van der Waals surface area (Å²) in [5.74, 6) is -16.0. The van der Waals surface area contributed by atoms with Gasteiger partial charge in [-0.3, -0.25) is 102 Å². The van der Waals surface area contributed by atoms with E-state index in [4.69, 9.17) is 91.7 Å². The van der Waals surface area contributed by atoms with Crippen molar-refractivity contribution >= 4 is 124 Å². The number of amides is 14. The summed E-state index contributed by atoms with van der Waals surface area (Å²) in [4.78, 5) is 236. The molecule has 2 aliphatic rings. The Hall–Kier alpha value is -12.5. The Kier molecular flexibility index (Phi) is 50.6. The van der Waals surface area contributed by atoms with Crippen molar-refractivity contribution in [1.29, 1.82) is 0 Å². The average Bonchev–Trinajstić information content (AvgIpc) is 1.64. The minimum Gasteiger partial charge on any atom is -0.480 e. The highest BCUT2D eigenvalue weighted by atomic mass is 16.5. The second-order valence-electron chi connectivity index (χ2n) is 28.9. The molecule has 0 aromatic carbocycles. The summed E-state index contributed by atoms with van der Waals surface area (Å²) < 4.78 is 0. The summed E-state index contributed by atoms with van der Waals surface area (Å²) >= 11 is 0. The van der Waals surface area contributed by atoms with Crippen LogP contribution in [0.1, 0.15) is 167 Å². The molecule has 0 unspecified atom stereocenters. The van der Waals surface area contributed by atoms with E-state index in [0.717, 1.165) is 0 Å². The molecule has 2 saturated heterocycles. The van der Waals surface area contributed by atoms with Gasteiger partial charge in [0, 0.05) is 65.2 Å². The lowest BCUT2D eigenvalue weighted by molar-refractivity contribution is -0.149. The largest absolute Gasteiger partial charge is 0.480 e. The molecule has 52 nitrogen and oxygen atoms in total. The number of aliphatic carboxylic acids is 1. The highest BCUT2D eigenvalue weighted by Crippen LogP contribution is 2.27. The van der Waals surface area contributed by atoms with Gasteiger partial charge in [-0.05, 0) is 167 Å². The van der Waals surface area contributed by atoms with Crippen LogP contribution in [-0.4, -0.2) is 289 Å². The van der Waals surface area contributed by atoms with E-state index in [0.29, 0.717) is 25.7 Å². The number of carboxylic acids is 1. The summed E-state index contributed by atoms with van der Waals surface area (Å²) in [6.07, 6.45) is -1.11. The van der Waals surface area contributed by atoms with Crippen LogP contribution in [0.5, 0.6) is 0 Å². The summed E-state index contributed by atoms with van der Waals surface area (Å²) in [5.41, 5.74) is 91.3. The molecule has 45 N–H and O–H groups in total. The number of likely N-dealkylation sites (tertiary alicyclic amines) is 2. The number of hydrogen-bond acceptors (Lipinski definition) is 25. The van der Waals surface area contributed by atoms with Gasteiger partial charge >= 0.3 is 5.97 Å². The van der Waals surface area contributed by atoms with Gasteiger partial charge in [-0.2, -0.15) is 0 Å². The Morgan fingerprint density at radius 1 is 0.328 bits per heavy atom. The molecule has 0 spiro atoms. The third-order valence-corrected chi connectivity index (χ3v) is 19.2.